The standard InChI is InChI=1S/C65H44/c1-41-36-58(42(2)35-57(41)48-38-46(43-19-5-3-6-20-43)37-47(39-48)44-21-7-4-8-22-44)64-55-28-11-9-26-53(55)63(54-27-10-12-29-56(54)64)45-33-34-52-51-25-15-18-32-61(51)65(62(52)40-45)59-30-16-13-23-49(59)50-24-14-17-31-60(50)65/h3-40H,1-2H3. The maximum absolute atomic E-state index is 2.54. The van der Waals surface area contributed by atoms with Crippen molar-refractivity contribution in [2.45, 2.75) is 19.3 Å². The summed E-state index contributed by atoms with van der Waals surface area (Å²) in [7, 11) is 0. The van der Waals surface area contributed by atoms with Gasteiger partial charge in [0.1, 0.15) is 0 Å². The molecule has 0 aromatic heterocycles. The highest BCUT2D eigenvalue weighted by atomic mass is 14.5. The molecule has 0 saturated carbocycles. The Morgan fingerprint density at radius 3 is 1.12 bits per heavy atom. The number of benzene rings is 11. The van der Waals surface area contributed by atoms with Gasteiger partial charge in [-0.15, -0.1) is 0 Å². The largest absolute Gasteiger partial charge is 0.0725 e. The van der Waals surface area contributed by atoms with Crippen LogP contribution in [-0.4, -0.2) is 0 Å². The zero-order valence-corrected chi connectivity index (χ0v) is 36.4. The number of aryl methyl sites for hydroxylation is 2. The molecule has 0 heteroatoms. The van der Waals surface area contributed by atoms with Crippen molar-refractivity contribution in [1.29, 1.82) is 0 Å². The summed E-state index contributed by atoms with van der Waals surface area (Å²) in [6.45, 7) is 4.58. The van der Waals surface area contributed by atoms with Crippen LogP contribution in [0.25, 0.3) is 99.4 Å². The van der Waals surface area contributed by atoms with Gasteiger partial charge in [0, 0.05) is 0 Å². The monoisotopic (exact) mass is 824 g/mol. The SMILES string of the molecule is Cc1cc(-c2c3ccccc3c(-c3ccc4c(c3)C3(c5ccccc5-c5ccccc53)c3ccccc3-4)c3ccccc23)c(C)cc1-c1cc(-c2ccccc2)cc(-c2ccccc2)c1. The molecule has 304 valence electrons. The predicted molar refractivity (Wildman–Crippen MR) is 274 cm³/mol. The molecule has 0 nitrogen and oxygen atoms in total. The average molecular weight is 825 g/mol. The second kappa shape index (κ2) is 14.5. The topological polar surface area (TPSA) is 0 Å². The van der Waals surface area contributed by atoms with Crippen LogP contribution in [-0.2, 0) is 5.41 Å². The van der Waals surface area contributed by atoms with E-state index in [1.807, 2.05) is 0 Å². The van der Waals surface area contributed by atoms with Gasteiger partial charge in [-0.25, -0.2) is 0 Å². The summed E-state index contributed by atoms with van der Waals surface area (Å²) in [5.74, 6) is 0. The molecule has 0 bridgehead atoms. The van der Waals surface area contributed by atoms with Crippen LogP contribution in [0.2, 0.25) is 0 Å². The first-order valence-electron chi connectivity index (χ1n) is 22.8. The summed E-state index contributed by atoms with van der Waals surface area (Å²) in [6, 6.07) is 86.3. The summed E-state index contributed by atoms with van der Waals surface area (Å²) < 4.78 is 0. The smallest absolute Gasteiger partial charge is 0.0622 e. The Balaban J connectivity index is 1.01. The Morgan fingerprint density at radius 1 is 0.231 bits per heavy atom. The summed E-state index contributed by atoms with van der Waals surface area (Å²) in [5, 5.41) is 5.07. The van der Waals surface area contributed by atoms with Crippen molar-refractivity contribution in [3.63, 3.8) is 0 Å². The maximum atomic E-state index is 2.54. The van der Waals surface area contributed by atoms with E-state index in [0.717, 1.165) is 0 Å². The fourth-order valence-corrected chi connectivity index (χ4v) is 11.8. The molecule has 2 aliphatic rings. The lowest BCUT2D eigenvalue weighted by atomic mass is 9.70. The molecule has 65 heavy (non-hydrogen) atoms. The van der Waals surface area contributed by atoms with Crippen LogP contribution in [0.5, 0.6) is 0 Å². The number of hydrogen-bond acceptors (Lipinski definition) is 0. The van der Waals surface area contributed by atoms with Crippen LogP contribution < -0.4 is 0 Å². The Labute approximate surface area is 380 Å². The number of hydrogen-bond donors (Lipinski definition) is 0. The molecule has 0 aliphatic heterocycles. The molecule has 0 saturated heterocycles. The minimum atomic E-state index is -0.403. The third-order valence-electron chi connectivity index (χ3n) is 14.5. The van der Waals surface area contributed by atoms with E-state index in [2.05, 4.69) is 244 Å². The van der Waals surface area contributed by atoms with Gasteiger partial charge in [0.05, 0.1) is 5.41 Å². The Bertz CT molecular complexity index is 3540. The predicted octanol–water partition coefficient (Wildman–Crippen LogP) is 17.3. The third-order valence-corrected chi connectivity index (χ3v) is 14.5. The van der Waals surface area contributed by atoms with Gasteiger partial charge >= 0.3 is 0 Å². The first-order chi connectivity index (χ1) is 32.1. The highest BCUT2D eigenvalue weighted by molar-refractivity contribution is 6.22. The van der Waals surface area contributed by atoms with E-state index >= 15 is 0 Å². The Hall–Kier alpha value is -8.06. The number of fused-ring (bicyclic) bond motifs is 12. The van der Waals surface area contributed by atoms with E-state index in [1.54, 1.807) is 0 Å². The molecule has 13 rings (SSSR count). The van der Waals surface area contributed by atoms with Crippen LogP contribution in [0.15, 0.2) is 231 Å². The Morgan fingerprint density at radius 2 is 0.615 bits per heavy atom. The van der Waals surface area contributed by atoms with Crippen molar-refractivity contribution in [3.05, 3.63) is 264 Å². The van der Waals surface area contributed by atoms with E-state index < -0.39 is 5.41 Å². The van der Waals surface area contributed by atoms with Crippen LogP contribution >= 0.6 is 0 Å². The fourth-order valence-electron chi connectivity index (χ4n) is 11.8. The van der Waals surface area contributed by atoms with Gasteiger partial charge in [-0.3, -0.25) is 0 Å². The van der Waals surface area contributed by atoms with Crippen LogP contribution in [0.4, 0.5) is 0 Å². The molecule has 2 aliphatic carbocycles. The van der Waals surface area contributed by atoms with Crippen molar-refractivity contribution in [1.82, 2.24) is 0 Å². The highest BCUT2D eigenvalue weighted by Gasteiger charge is 2.51. The van der Waals surface area contributed by atoms with Crippen molar-refractivity contribution < 1.29 is 0 Å². The molecule has 0 fully saturated rings. The summed E-state index contributed by atoms with van der Waals surface area (Å²) >= 11 is 0. The van der Waals surface area contributed by atoms with Gasteiger partial charge in [0.25, 0.3) is 0 Å². The van der Waals surface area contributed by atoms with Gasteiger partial charge in [0.15, 0.2) is 0 Å². The molecular formula is C65H44. The van der Waals surface area contributed by atoms with E-state index in [4.69, 9.17) is 0 Å². The van der Waals surface area contributed by atoms with Crippen molar-refractivity contribution in [2.24, 2.45) is 0 Å². The van der Waals surface area contributed by atoms with Crippen LogP contribution in [0, 0.1) is 13.8 Å². The first-order valence-corrected chi connectivity index (χ1v) is 22.8. The van der Waals surface area contributed by atoms with Crippen molar-refractivity contribution in [3.8, 4) is 77.9 Å². The molecule has 1 spiro atoms. The summed E-state index contributed by atoms with van der Waals surface area (Å²) in [5.41, 5.74) is 25.3. The van der Waals surface area contributed by atoms with Gasteiger partial charge in [0.2, 0.25) is 0 Å². The highest BCUT2D eigenvalue weighted by Crippen LogP contribution is 2.63. The molecule has 0 atom stereocenters. The molecule has 0 amide bonds. The summed E-state index contributed by atoms with van der Waals surface area (Å²) in [4.78, 5) is 0. The molecule has 11 aromatic carbocycles. The minimum absolute atomic E-state index is 0.403. The molecule has 0 unspecified atom stereocenters. The number of rotatable bonds is 5. The average Bonchev–Trinajstić information content (AvgIpc) is 3.84. The quantitative estimate of drug-likeness (QED) is 0.152. The molecular weight excluding hydrogens is 781 g/mol. The maximum Gasteiger partial charge on any atom is 0.0725 e. The van der Waals surface area contributed by atoms with Gasteiger partial charge < -0.3 is 0 Å². The van der Waals surface area contributed by atoms with E-state index in [-0.39, 0.29) is 0 Å². The summed E-state index contributed by atoms with van der Waals surface area (Å²) in [6.07, 6.45) is 0. The second-order valence-corrected chi connectivity index (χ2v) is 18.0. The second-order valence-electron chi connectivity index (χ2n) is 18.0. The van der Waals surface area contributed by atoms with Crippen LogP contribution in [0.3, 0.4) is 0 Å². The molecule has 11 aromatic rings. The van der Waals surface area contributed by atoms with Crippen LogP contribution in [0.1, 0.15) is 33.4 Å². The fraction of sp³-hybridized carbons (Fsp3) is 0.0462. The lowest BCUT2D eigenvalue weighted by molar-refractivity contribution is 0.794. The normalized spacial score (nSPS) is 12.9. The lowest BCUT2D eigenvalue weighted by Crippen LogP contribution is -2.25. The molecule has 0 N–H and O–H groups in total. The lowest BCUT2D eigenvalue weighted by Gasteiger charge is -2.31. The zero-order chi connectivity index (χ0) is 43.2. The Kier molecular flexibility index (Phi) is 8.36. The zero-order valence-electron chi connectivity index (χ0n) is 36.4. The van der Waals surface area contributed by atoms with Crippen molar-refractivity contribution >= 4 is 21.5 Å². The third kappa shape index (κ3) is 5.51. The van der Waals surface area contributed by atoms with E-state index in [1.165, 1.54) is 133 Å². The van der Waals surface area contributed by atoms with Gasteiger partial charge in [-0.05, 0) is 171 Å². The van der Waals surface area contributed by atoms with E-state index in [9.17, 15) is 0 Å². The molecule has 0 radical (unpaired) electrons. The van der Waals surface area contributed by atoms with Crippen molar-refractivity contribution in [2.75, 3.05) is 0 Å². The minimum Gasteiger partial charge on any atom is -0.0622 e. The molecule has 0 heterocycles. The first kappa shape index (κ1) is 37.5. The van der Waals surface area contributed by atoms with Gasteiger partial charge in [-0.2, -0.15) is 0 Å². The van der Waals surface area contributed by atoms with Gasteiger partial charge in [-0.1, -0.05) is 206 Å². The van der Waals surface area contributed by atoms with E-state index in [0.29, 0.717) is 0 Å².